The van der Waals surface area contributed by atoms with Gasteiger partial charge >= 0.3 is 0 Å². The van der Waals surface area contributed by atoms with Crippen molar-refractivity contribution in [1.82, 2.24) is 15.0 Å². The summed E-state index contributed by atoms with van der Waals surface area (Å²) in [6, 6.07) is 2.08. The minimum Gasteiger partial charge on any atom is -0.396 e. The number of anilines is 3. The van der Waals surface area contributed by atoms with Crippen LogP contribution in [0.5, 0.6) is 0 Å². The number of H-pyrrole nitrogens is 1. The Morgan fingerprint density at radius 1 is 1.33 bits per heavy atom. The summed E-state index contributed by atoms with van der Waals surface area (Å²) >= 11 is 0. The third-order valence-corrected chi connectivity index (χ3v) is 2.85. The number of aliphatic hydroxyl groups excluding tert-OH is 1. The fourth-order valence-electron chi connectivity index (χ4n) is 1.94. The van der Waals surface area contributed by atoms with Crippen LogP contribution in [0.25, 0.3) is 11.4 Å². The summed E-state index contributed by atoms with van der Waals surface area (Å²) in [5.41, 5.74) is 7.52. The molecule has 7 nitrogen and oxygen atoms in total. The number of imidazole rings is 1. The molecule has 0 aliphatic rings. The van der Waals surface area contributed by atoms with E-state index in [4.69, 9.17) is 10.8 Å². The fraction of sp³-hybridized carbons (Fsp3) is 0.429. The van der Waals surface area contributed by atoms with E-state index in [0.717, 1.165) is 22.9 Å². The molecule has 114 valence electrons. The molecule has 0 radical (unpaired) electrons. The maximum atomic E-state index is 8.78. The lowest BCUT2D eigenvalue weighted by molar-refractivity contribution is 0.292. The molecule has 0 saturated heterocycles. The molecule has 0 aromatic carbocycles. The van der Waals surface area contributed by atoms with Crippen LogP contribution in [0.1, 0.15) is 20.3 Å². The van der Waals surface area contributed by atoms with E-state index in [1.54, 1.807) is 18.5 Å². The number of rotatable bonds is 7. The second-order valence-electron chi connectivity index (χ2n) is 5.10. The standard InChI is InChI=1S/C14H22N6O/c1-9(2)19-11-6-12(15)17-7-10(11)14-18-8-13(20-14)16-4-3-5-21/h6-9,16,21H,3-5H2,1-2H3,(H,18,20)(H3,15,17,19). The first-order valence-electron chi connectivity index (χ1n) is 7.02. The summed E-state index contributed by atoms with van der Waals surface area (Å²) in [5.74, 6) is 2.00. The van der Waals surface area contributed by atoms with Crippen molar-refractivity contribution in [1.29, 1.82) is 0 Å². The molecular formula is C14H22N6O. The molecule has 0 aliphatic heterocycles. The summed E-state index contributed by atoms with van der Waals surface area (Å²) in [4.78, 5) is 11.7. The van der Waals surface area contributed by atoms with E-state index in [1.165, 1.54) is 0 Å². The van der Waals surface area contributed by atoms with Crippen LogP contribution in [0.2, 0.25) is 0 Å². The van der Waals surface area contributed by atoms with Gasteiger partial charge in [-0.3, -0.25) is 0 Å². The summed E-state index contributed by atoms with van der Waals surface area (Å²) in [7, 11) is 0. The van der Waals surface area contributed by atoms with Crippen LogP contribution in [0.3, 0.4) is 0 Å². The highest BCUT2D eigenvalue weighted by Crippen LogP contribution is 2.27. The number of aromatic nitrogens is 3. The average molecular weight is 290 g/mol. The van der Waals surface area contributed by atoms with Crippen molar-refractivity contribution < 1.29 is 5.11 Å². The van der Waals surface area contributed by atoms with Gasteiger partial charge in [0, 0.05) is 31.5 Å². The molecule has 2 heterocycles. The minimum atomic E-state index is 0.165. The Balaban J connectivity index is 2.21. The molecule has 0 aliphatic carbocycles. The normalized spacial score (nSPS) is 10.9. The van der Waals surface area contributed by atoms with E-state index >= 15 is 0 Å². The minimum absolute atomic E-state index is 0.165. The summed E-state index contributed by atoms with van der Waals surface area (Å²) < 4.78 is 0. The number of nitrogens with two attached hydrogens (primary N) is 1. The molecule has 2 aromatic rings. The average Bonchev–Trinajstić information content (AvgIpc) is 2.87. The Hall–Kier alpha value is -2.28. The molecule has 6 N–H and O–H groups in total. The molecule has 0 fully saturated rings. The summed E-state index contributed by atoms with van der Waals surface area (Å²) in [5, 5.41) is 15.3. The highest BCUT2D eigenvalue weighted by atomic mass is 16.3. The number of nitrogen functional groups attached to an aromatic ring is 1. The van der Waals surface area contributed by atoms with Crippen LogP contribution < -0.4 is 16.4 Å². The van der Waals surface area contributed by atoms with Crippen LogP contribution in [0.4, 0.5) is 17.3 Å². The summed E-state index contributed by atoms with van der Waals surface area (Å²) in [6.45, 7) is 4.97. The lowest BCUT2D eigenvalue weighted by Gasteiger charge is -2.13. The number of aromatic amines is 1. The first-order valence-corrected chi connectivity index (χ1v) is 7.02. The predicted octanol–water partition coefficient (Wildman–Crippen LogP) is 1.67. The molecule has 0 atom stereocenters. The third-order valence-electron chi connectivity index (χ3n) is 2.85. The van der Waals surface area contributed by atoms with Crippen molar-refractivity contribution in [3.05, 3.63) is 18.5 Å². The van der Waals surface area contributed by atoms with E-state index in [-0.39, 0.29) is 12.6 Å². The van der Waals surface area contributed by atoms with Gasteiger partial charge in [0.15, 0.2) is 0 Å². The van der Waals surface area contributed by atoms with Gasteiger partial charge in [0.2, 0.25) is 0 Å². The summed E-state index contributed by atoms with van der Waals surface area (Å²) in [6.07, 6.45) is 4.12. The third kappa shape index (κ3) is 4.09. The van der Waals surface area contributed by atoms with Crippen LogP contribution in [-0.2, 0) is 0 Å². The largest absolute Gasteiger partial charge is 0.396 e. The Morgan fingerprint density at radius 3 is 2.86 bits per heavy atom. The van der Waals surface area contributed by atoms with Gasteiger partial charge in [-0.25, -0.2) is 9.97 Å². The molecule has 0 spiro atoms. The number of pyridine rings is 1. The lowest BCUT2D eigenvalue weighted by atomic mass is 10.2. The second kappa shape index (κ2) is 6.94. The molecular weight excluding hydrogens is 268 g/mol. The SMILES string of the molecule is CC(C)Nc1cc(N)ncc1-c1ncc(NCCCO)[nH]1. The highest BCUT2D eigenvalue weighted by molar-refractivity contribution is 5.75. The van der Waals surface area contributed by atoms with E-state index in [9.17, 15) is 0 Å². The van der Waals surface area contributed by atoms with Crippen molar-refractivity contribution >= 4 is 17.3 Å². The monoisotopic (exact) mass is 290 g/mol. The van der Waals surface area contributed by atoms with Crippen molar-refractivity contribution in [2.24, 2.45) is 0 Å². The van der Waals surface area contributed by atoms with Gasteiger partial charge in [0.25, 0.3) is 0 Å². The molecule has 7 heteroatoms. The van der Waals surface area contributed by atoms with Crippen LogP contribution >= 0.6 is 0 Å². The fourth-order valence-corrected chi connectivity index (χ4v) is 1.94. The Kier molecular flexibility index (Phi) is 4.99. The van der Waals surface area contributed by atoms with Gasteiger partial charge in [-0.05, 0) is 20.3 Å². The van der Waals surface area contributed by atoms with Crippen molar-refractivity contribution in [3.8, 4) is 11.4 Å². The smallest absolute Gasteiger partial charge is 0.142 e. The highest BCUT2D eigenvalue weighted by Gasteiger charge is 2.11. The molecule has 21 heavy (non-hydrogen) atoms. The van der Waals surface area contributed by atoms with Crippen LogP contribution in [0, 0.1) is 0 Å². The number of nitrogens with one attached hydrogen (secondary N) is 3. The molecule has 2 aromatic heterocycles. The maximum Gasteiger partial charge on any atom is 0.142 e. The van der Waals surface area contributed by atoms with E-state index in [2.05, 4.69) is 39.4 Å². The number of nitrogens with zero attached hydrogens (tertiary/aromatic N) is 2. The van der Waals surface area contributed by atoms with Crippen LogP contribution in [0.15, 0.2) is 18.5 Å². The van der Waals surface area contributed by atoms with Crippen molar-refractivity contribution in [2.75, 3.05) is 29.5 Å². The quantitative estimate of drug-likeness (QED) is 0.496. The Morgan fingerprint density at radius 2 is 2.14 bits per heavy atom. The van der Waals surface area contributed by atoms with Crippen molar-refractivity contribution in [3.63, 3.8) is 0 Å². The lowest BCUT2D eigenvalue weighted by Crippen LogP contribution is -2.11. The van der Waals surface area contributed by atoms with E-state index in [1.807, 2.05) is 0 Å². The molecule has 0 saturated carbocycles. The molecule has 0 bridgehead atoms. The first kappa shape index (κ1) is 15.1. The maximum absolute atomic E-state index is 8.78. The van der Waals surface area contributed by atoms with E-state index < -0.39 is 0 Å². The van der Waals surface area contributed by atoms with Crippen LogP contribution in [-0.4, -0.2) is 39.3 Å². The first-order chi connectivity index (χ1) is 10.1. The van der Waals surface area contributed by atoms with Gasteiger partial charge in [-0.1, -0.05) is 0 Å². The van der Waals surface area contributed by atoms with E-state index in [0.29, 0.717) is 18.8 Å². The predicted molar refractivity (Wildman–Crippen MR) is 85.2 cm³/mol. The number of hydrogen-bond donors (Lipinski definition) is 5. The number of aliphatic hydroxyl groups is 1. The van der Waals surface area contributed by atoms with Gasteiger partial charge < -0.3 is 26.5 Å². The zero-order chi connectivity index (χ0) is 15.2. The Bertz CT molecular complexity index is 581. The molecule has 0 amide bonds. The molecule has 2 rings (SSSR count). The Labute approximate surface area is 124 Å². The second-order valence-corrected chi connectivity index (χ2v) is 5.10. The van der Waals surface area contributed by atoms with Gasteiger partial charge in [-0.15, -0.1) is 0 Å². The zero-order valence-corrected chi connectivity index (χ0v) is 12.3. The van der Waals surface area contributed by atoms with Gasteiger partial charge in [-0.2, -0.15) is 0 Å². The van der Waals surface area contributed by atoms with Gasteiger partial charge in [0.1, 0.15) is 17.5 Å². The number of hydrogen-bond acceptors (Lipinski definition) is 6. The van der Waals surface area contributed by atoms with Gasteiger partial charge in [0.05, 0.1) is 17.4 Å². The van der Waals surface area contributed by atoms with Crippen molar-refractivity contribution in [2.45, 2.75) is 26.3 Å². The zero-order valence-electron chi connectivity index (χ0n) is 12.3. The molecule has 0 unspecified atom stereocenters. The topological polar surface area (TPSA) is 112 Å².